The van der Waals surface area contributed by atoms with Crippen LogP contribution in [-0.4, -0.2) is 59.2 Å². The number of ether oxygens (including phenoxy) is 1. The van der Waals surface area contributed by atoms with Crippen LogP contribution in [0, 0.1) is 0 Å². The topological polar surface area (TPSA) is 109 Å². The summed E-state index contributed by atoms with van der Waals surface area (Å²) in [4.78, 5) is 42.3. The maximum atomic E-state index is 12.9. The number of carbonyl (C=O) groups excluding carboxylic acids is 2. The van der Waals surface area contributed by atoms with Gasteiger partial charge in [-0.3, -0.25) is 14.6 Å². The van der Waals surface area contributed by atoms with Crippen LogP contribution in [0.2, 0.25) is 0 Å². The van der Waals surface area contributed by atoms with Crippen molar-refractivity contribution in [3.63, 3.8) is 0 Å². The number of aliphatic carboxylic acids is 1. The minimum Gasteiger partial charge on any atom is -0.481 e. The lowest BCUT2D eigenvalue weighted by Gasteiger charge is -2.24. The van der Waals surface area contributed by atoms with E-state index in [0.29, 0.717) is 13.0 Å². The molecule has 1 heterocycles. The molecule has 2 aromatic carbocycles. The van der Waals surface area contributed by atoms with Gasteiger partial charge in [0.25, 0.3) is 0 Å². The molecule has 1 aromatic heterocycles. The summed E-state index contributed by atoms with van der Waals surface area (Å²) in [6.45, 7) is 0.442. The molecule has 3 aromatic rings. The Hall–Kier alpha value is -4.20. The standard InChI is InChI=1S/C27H27N3O5/c1-30(15-12-18-10-13-28-14-11-18)26(33)24(16-25(31)32)29-27(34)35-17-23-21-8-4-2-6-19(21)20-7-3-5-9-22(20)23/h2-11,13-14,23-24H,12,15-17H2,1H3,(H,29,34)(H,31,32). The minimum atomic E-state index is -1.23. The smallest absolute Gasteiger partial charge is 0.407 e. The monoisotopic (exact) mass is 473 g/mol. The molecule has 0 bridgehead atoms. The average Bonchev–Trinajstić information content (AvgIpc) is 3.19. The van der Waals surface area contributed by atoms with Gasteiger partial charge >= 0.3 is 12.1 Å². The first-order chi connectivity index (χ1) is 16.9. The number of benzene rings is 2. The summed E-state index contributed by atoms with van der Waals surface area (Å²) in [5.74, 6) is -1.82. The Balaban J connectivity index is 1.38. The second-order valence-electron chi connectivity index (χ2n) is 8.49. The predicted molar refractivity (Wildman–Crippen MR) is 130 cm³/mol. The van der Waals surface area contributed by atoms with Gasteiger partial charge in [0.1, 0.15) is 12.6 Å². The molecule has 8 heteroatoms. The van der Waals surface area contributed by atoms with Crippen LogP contribution in [0.25, 0.3) is 11.1 Å². The van der Waals surface area contributed by atoms with E-state index in [0.717, 1.165) is 27.8 Å². The van der Waals surface area contributed by atoms with Crippen LogP contribution in [0.15, 0.2) is 73.1 Å². The average molecular weight is 474 g/mol. The number of alkyl carbamates (subject to hydrolysis) is 1. The van der Waals surface area contributed by atoms with Gasteiger partial charge in [-0.25, -0.2) is 4.79 Å². The highest BCUT2D eigenvalue weighted by atomic mass is 16.5. The van der Waals surface area contributed by atoms with E-state index in [9.17, 15) is 19.5 Å². The minimum absolute atomic E-state index is 0.0751. The fourth-order valence-electron chi connectivity index (χ4n) is 4.38. The molecule has 0 fully saturated rings. The van der Waals surface area contributed by atoms with Gasteiger partial charge in [-0.2, -0.15) is 0 Å². The first-order valence-electron chi connectivity index (χ1n) is 11.4. The number of carboxylic acids is 1. The molecule has 0 aliphatic heterocycles. The summed E-state index contributed by atoms with van der Waals surface area (Å²) < 4.78 is 5.49. The number of hydrogen-bond acceptors (Lipinski definition) is 5. The van der Waals surface area contributed by atoms with Crippen molar-refractivity contribution in [1.82, 2.24) is 15.2 Å². The van der Waals surface area contributed by atoms with E-state index in [2.05, 4.69) is 10.3 Å². The Kier molecular flexibility index (Phi) is 7.40. The number of amides is 2. The van der Waals surface area contributed by atoms with Gasteiger partial charge in [0.05, 0.1) is 6.42 Å². The Morgan fingerprint density at radius 3 is 2.20 bits per heavy atom. The van der Waals surface area contributed by atoms with Crippen LogP contribution in [-0.2, 0) is 20.7 Å². The molecular formula is C27H27N3O5. The molecule has 0 spiro atoms. The lowest BCUT2D eigenvalue weighted by molar-refractivity contribution is -0.142. The third-order valence-corrected chi connectivity index (χ3v) is 6.17. The van der Waals surface area contributed by atoms with Crippen molar-refractivity contribution in [1.29, 1.82) is 0 Å². The molecule has 180 valence electrons. The fraction of sp³-hybridized carbons (Fsp3) is 0.259. The van der Waals surface area contributed by atoms with E-state index in [1.54, 1.807) is 19.4 Å². The molecule has 2 amide bonds. The molecule has 4 rings (SSSR count). The zero-order valence-electron chi connectivity index (χ0n) is 19.4. The Morgan fingerprint density at radius 2 is 1.60 bits per heavy atom. The summed E-state index contributed by atoms with van der Waals surface area (Å²) in [5.41, 5.74) is 5.34. The maximum absolute atomic E-state index is 12.9. The predicted octanol–water partition coefficient (Wildman–Crippen LogP) is 3.46. The largest absolute Gasteiger partial charge is 0.481 e. The fourth-order valence-corrected chi connectivity index (χ4v) is 4.38. The number of carboxylic acid groups (broad SMARTS) is 1. The highest BCUT2D eigenvalue weighted by Crippen LogP contribution is 2.44. The van der Waals surface area contributed by atoms with Crippen LogP contribution in [0.3, 0.4) is 0 Å². The van der Waals surface area contributed by atoms with Crippen LogP contribution >= 0.6 is 0 Å². The molecule has 0 radical (unpaired) electrons. The lowest BCUT2D eigenvalue weighted by atomic mass is 9.98. The summed E-state index contributed by atoms with van der Waals surface area (Å²) in [5, 5.41) is 11.7. The Labute approximate surface area is 203 Å². The SMILES string of the molecule is CN(CCc1ccncc1)C(=O)C(CC(=O)O)NC(=O)OCC1c2ccccc2-c2ccccc21. The molecule has 1 aliphatic rings. The first-order valence-corrected chi connectivity index (χ1v) is 11.4. The maximum Gasteiger partial charge on any atom is 0.407 e. The molecule has 2 N–H and O–H groups in total. The van der Waals surface area contributed by atoms with Crippen LogP contribution in [0.1, 0.15) is 29.0 Å². The number of aromatic nitrogens is 1. The highest BCUT2D eigenvalue weighted by Gasteiger charge is 2.31. The first kappa shape index (κ1) is 23.9. The number of rotatable bonds is 9. The number of hydrogen-bond donors (Lipinski definition) is 2. The number of nitrogens with zero attached hydrogens (tertiary/aromatic N) is 2. The Morgan fingerprint density at radius 1 is 1.00 bits per heavy atom. The van der Waals surface area contributed by atoms with Gasteiger partial charge in [-0.15, -0.1) is 0 Å². The summed E-state index contributed by atoms with van der Waals surface area (Å²) in [6, 6.07) is 18.4. The second kappa shape index (κ2) is 10.8. The third-order valence-electron chi connectivity index (χ3n) is 6.17. The lowest BCUT2D eigenvalue weighted by Crippen LogP contribution is -2.49. The van der Waals surface area contributed by atoms with Gasteiger partial charge < -0.3 is 20.1 Å². The molecule has 8 nitrogen and oxygen atoms in total. The normalized spacial score (nSPS) is 12.8. The van der Waals surface area contributed by atoms with Crippen molar-refractivity contribution >= 4 is 18.0 Å². The second-order valence-corrected chi connectivity index (χ2v) is 8.49. The van der Waals surface area contributed by atoms with Crippen molar-refractivity contribution in [3.8, 4) is 11.1 Å². The van der Waals surface area contributed by atoms with Gasteiger partial charge in [0, 0.05) is 31.9 Å². The van der Waals surface area contributed by atoms with Crippen molar-refractivity contribution in [2.75, 3.05) is 20.2 Å². The Bertz CT molecular complexity index is 1170. The van der Waals surface area contributed by atoms with E-state index in [-0.39, 0.29) is 12.5 Å². The van der Waals surface area contributed by atoms with E-state index in [1.165, 1.54) is 4.90 Å². The summed E-state index contributed by atoms with van der Waals surface area (Å²) in [7, 11) is 1.58. The van der Waals surface area contributed by atoms with Crippen molar-refractivity contribution in [2.24, 2.45) is 0 Å². The van der Waals surface area contributed by atoms with E-state index in [1.807, 2.05) is 60.7 Å². The van der Waals surface area contributed by atoms with Gasteiger partial charge in [0.15, 0.2) is 0 Å². The summed E-state index contributed by atoms with van der Waals surface area (Å²) in [6.07, 6.45) is 2.55. The van der Waals surface area contributed by atoms with Crippen LogP contribution in [0.4, 0.5) is 4.79 Å². The number of carbonyl (C=O) groups is 3. The zero-order chi connectivity index (χ0) is 24.8. The van der Waals surface area contributed by atoms with Crippen LogP contribution in [0.5, 0.6) is 0 Å². The molecule has 0 saturated carbocycles. The number of fused-ring (bicyclic) bond motifs is 3. The van der Waals surface area contributed by atoms with E-state index < -0.39 is 30.4 Å². The van der Waals surface area contributed by atoms with E-state index in [4.69, 9.17) is 4.74 Å². The molecule has 35 heavy (non-hydrogen) atoms. The van der Waals surface area contributed by atoms with Gasteiger partial charge in [-0.1, -0.05) is 48.5 Å². The number of likely N-dealkylation sites (N-methyl/N-ethyl adjacent to an activating group) is 1. The molecular weight excluding hydrogens is 446 g/mol. The number of pyridine rings is 1. The third kappa shape index (κ3) is 5.66. The number of nitrogens with one attached hydrogen (secondary N) is 1. The van der Waals surface area contributed by atoms with Gasteiger partial charge in [-0.05, 0) is 46.4 Å². The van der Waals surface area contributed by atoms with Crippen molar-refractivity contribution < 1.29 is 24.2 Å². The molecule has 1 unspecified atom stereocenters. The highest BCUT2D eigenvalue weighted by molar-refractivity contribution is 5.89. The molecule has 1 atom stereocenters. The van der Waals surface area contributed by atoms with Crippen LogP contribution < -0.4 is 5.32 Å². The molecule has 1 aliphatic carbocycles. The quantitative estimate of drug-likeness (QED) is 0.493. The molecule has 0 saturated heterocycles. The summed E-state index contributed by atoms with van der Waals surface area (Å²) >= 11 is 0. The van der Waals surface area contributed by atoms with Gasteiger partial charge in [0.2, 0.25) is 5.91 Å². The van der Waals surface area contributed by atoms with Crippen molar-refractivity contribution in [2.45, 2.75) is 24.8 Å². The zero-order valence-corrected chi connectivity index (χ0v) is 19.4. The van der Waals surface area contributed by atoms with E-state index >= 15 is 0 Å². The van der Waals surface area contributed by atoms with Crippen molar-refractivity contribution in [3.05, 3.63) is 89.7 Å².